The quantitative estimate of drug-likeness (QED) is 0.620. The van der Waals surface area contributed by atoms with Gasteiger partial charge in [-0.05, 0) is 31.5 Å². The van der Waals surface area contributed by atoms with Crippen LogP contribution in [0.25, 0.3) is 5.78 Å². The molecule has 0 saturated carbocycles. The molecule has 2 heterocycles. The van der Waals surface area contributed by atoms with E-state index in [1.807, 2.05) is 26.0 Å². The van der Waals surface area contributed by atoms with Crippen LogP contribution in [0.1, 0.15) is 29.4 Å². The van der Waals surface area contributed by atoms with Crippen molar-refractivity contribution < 1.29 is 9.59 Å². The van der Waals surface area contributed by atoms with Gasteiger partial charge in [0.25, 0.3) is 5.78 Å². The van der Waals surface area contributed by atoms with E-state index in [0.29, 0.717) is 12.3 Å². The molecule has 3 aromatic rings. The third-order valence-corrected chi connectivity index (χ3v) is 4.17. The fraction of sp³-hybridized carbons (Fsp3) is 0.278. The van der Waals surface area contributed by atoms with Gasteiger partial charge in [-0.1, -0.05) is 12.1 Å². The van der Waals surface area contributed by atoms with Gasteiger partial charge in [0.05, 0.1) is 6.42 Å². The Morgan fingerprint density at radius 1 is 1.15 bits per heavy atom. The summed E-state index contributed by atoms with van der Waals surface area (Å²) in [5.74, 6) is 0.322. The number of nitrogens with one attached hydrogen (secondary N) is 2. The molecule has 27 heavy (non-hydrogen) atoms. The molecule has 0 atom stereocenters. The molecule has 0 unspecified atom stereocenters. The van der Waals surface area contributed by atoms with Crippen LogP contribution in [0, 0.1) is 13.8 Å². The predicted octanol–water partition coefficient (Wildman–Crippen LogP) is 1.14. The summed E-state index contributed by atoms with van der Waals surface area (Å²) in [5, 5.41) is 9.70. The lowest BCUT2D eigenvalue weighted by Crippen LogP contribution is -2.25. The number of amides is 2. The Morgan fingerprint density at radius 2 is 1.85 bits per heavy atom. The zero-order valence-corrected chi connectivity index (χ0v) is 15.4. The van der Waals surface area contributed by atoms with Crippen LogP contribution < -0.4 is 16.4 Å². The third-order valence-electron chi connectivity index (χ3n) is 4.17. The fourth-order valence-corrected chi connectivity index (χ4v) is 2.81. The van der Waals surface area contributed by atoms with Crippen molar-refractivity contribution in [1.82, 2.24) is 24.9 Å². The van der Waals surface area contributed by atoms with E-state index in [1.54, 1.807) is 16.6 Å². The van der Waals surface area contributed by atoms with Crippen molar-refractivity contribution >= 4 is 29.2 Å². The molecule has 3 rings (SSSR count). The van der Waals surface area contributed by atoms with Gasteiger partial charge in [-0.3, -0.25) is 9.59 Å². The van der Waals surface area contributed by atoms with Crippen LogP contribution in [0.5, 0.6) is 0 Å². The lowest BCUT2D eigenvalue weighted by atomic mass is 10.1. The Morgan fingerprint density at radius 3 is 2.52 bits per heavy atom. The largest absolute Gasteiger partial charge is 0.366 e. The number of anilines is 2. The van der Waals surface area contributed by atoms with Crippen molar-refractivity contribution in [3.05, 3.63) is 46.8 Å². The highest BCUT2D eigenvalue weighted by Crippen LogP contribution is 2.15. The number of aryl methyl sites for hydroxylation is 2. The van der Waals surface area contributed by atoms with Gasteiger partial charge in [-0.2, -0.15) is 9.50 Å². The maximum atomic E-state index is 12.4. The second-order valence-corrected chi connectivity index (χ2v) is 6.27. The maximum absolute atomic E-state index is 12.4. The number of hydrogen-bond acceptors (Lipinski definition) is 6. The zero-order chi connectivity index (χ0) is 19.6. The van der Waals surface area contributed by atoms with Gasteiger partial charge >= 0.3 is 0 Å². The van der Waals surface area contributed by atoms with E-state index in [0.717, 1.165) is 28.2 Å². The predicted molar refractivity (Wildman–Crippen MR) is 101 cm³/mol. The first kappa shape index (κ1) is 18.3. The normalized spacial score (nSPS) is 10.8. The van der Waals surface area contributed by atoms with Crippen LogP contribution in [0.15, 0.2) is 24.3 Å². The monoisotopic (exact) mass is 367 g/mol. The Balaban J connectivity index is 1.66. The molecule has 9 heteroatoms. The smallest absolute Gasteiger partial charge is 0.254 e. The van der Waals surface area contributed by atoms with Crippen molar-refractivity contribution in [2.75, 3.05) is 11.1 Å². The number of hydrogen-bond donors (Lipinski definition) is 3. The summed E-state index contributed by atoms with van der Waals surface area (Å²) in [7, 11) is 0. The second kappa shape index (κ2) is 7.40. The first-order valence-electron chi connectivity index (χ1n) is 8.45. The number of carbonyl (C=O) groups is 2. The highest BCUT2D eigenvalue weighted by Gasteiger charge is 2.15. The molecule has 0 aliphatic carbocycles. The minimum atomic E-state index is -0.124. The van der Waals surface area contributed by atoms with Crippen LogP contribution in [0.3, 0.4) is 0 Å². The number of nitrogens with two attached hydrogens (primary N) is 1. The third kappa shape index (κ3) is 4.20. The molecule has 2 aromatic heterocycles. The van der Waals surface area contributed by atoms with Crippen LogP contribution in [-0.4, -0.2) is 31.4 Å². The van der Waals surface area contributed by atoms with E-state index in [2.05, 4.69) is 25.7 Å². The SMILES string of the molecule is CC(=O)Nc1ccc(CNC(=O)Cc2c(C)nc3nc(N)nn3c2C)cc1. The van der Waals surface area contributed by atoms with Gasteiger partial charge in [0, 0.05) is 36.1 Å². The summed E-state index contributed by atoms with van der Waals surface area (Å²) < 4.78 is 1.55. The van der Waals surface area contributed by atoms with Gasteiger partial charge in [0.1, 0.15) is 0 Å². The van der Waals surface area contributed by atoms with Gasteiger partial charge < -0.3 is 16.4 Å². The van der Waals surface area contributed by atoms with Crippen LogP contribution >= 0.6 is 0 Å². The molecule has 0 spiro atoms. The first-order valence-corrected chi connectivity index (χ1v) is 8.45. The van der Waals surface area contributed by atoms with E-state index in [1.165, 1.54) is 6.92 Å². The fourth-order valence-electron chi connectivity index (χ4n) is 2.81. The number of benzene rings is 1. The second-order valence-electron chi connectivity index (χ2n) is 6.27. The average Bonchev–Trinajstić information content (AvgIpc) is 2.98. The zero-order valence-electron chi connectivity index (χ0n) is 15.4. The van der Waals surface area contributed by atoms with E-state index < -0.39 is 0 Å². The van der Waals surface area contributed by atoms with Crippen molar-refractivity contribution in [2.45, 2.75) is 33.7 Å². The Kier molecular flexibility index (Phi) is 5.02. The molecule has 0 saturated heterocycles. The van der Waals surface area contributed by atoms with E-state index in [4.69, 9.17) is 5.73 Å². The van der Waals surface area contributed by atoms with E-state index in [9.17, 15) is 9.59 Å². The van der Waals surface area contributed by atoms with E-state index in [-0.39, 0.29) is 24.2 Å². The Hall–Kier alpha value is -3.49. The van der Waals surface area contributed by atoms with Crippen LogP contribution in [0.2, 0.25) is 0 Å². The first-order chi connectivity index (χ1) is 12.8. The minimum absolute atomic E-state index is 0.124. The molecule has 9 nitrogen and oxygen atoms in total. The number of aromatic nitrogens is 4. The molecule has 0 bridgehead atoms. The molecule has 0 fully saturated rings. The summed E-state index contributed by atoms with van der Waals surface area (Å²) in [6, 6.07) is 7.30. The van der Waals surface area contributed by atoms with Crippen molar-refractivity contribution in [3.63, 3.8) is 0 Å². The topological polar surface area (TPSA) is 127 Å². The summed E-state index contributed by atoms with van der Waals surface area (Å²) >= 11 is 0. The number of carbonyl (C=O) groups excluding carboxylic acids is 2. The number of rotatable bonds is 5. The van der Waals surface area contributed by atoms with Crippen LogP contribution in [0.4, 0.5) is 11.6 Å². The van der Waals surface area contributed by atoms with Gasteiger partial charge in [0.15, 0.2) is 0 Å². The molecule has 0 radical (unpaired) electrons. The molecule has 0 aliphatic rings. The molecule has 0 aliphatic heterocycles. The summed E-state index contributed by atoms with van der Waals surface area (Å²) in [4.78, 5) is 31.8. The van der Waals surface area contributed by atoms with Gasteiger partial charge in [-0.15, -0.1) is 5.10 Å². The molecular formula is C18H21N7O2. The van der Waals surface area contributed by atoms with Gasteiger partial charge in [0.2, 0.25) is 17.8 Å². The minimum Gasteiger partial charge on any atom is -0.366 e. The standard InChI is InChI=1S/C18H21N7O2/c1-10-15(11(2)25-18(21-10)23-17(19)24-25)8-16(27)20-9-13-4-6-14(7-5-13)22-12(3)26/h4-7H,8-9H2,1-3H3,(H2,19,24)(H,20,27)(H,22,26). The lowest BCUT2D eigenvalue weighted by Gasteiger charge is -2.11. The highest BCUT2D eigenvalue weighted by atomic mass is 16.2. The summed E-state index contributed by atoms with van der Waals surface area (Å²) in [5.41, 5.74) is 9.59. The van der Waals surface area contributed by atoms with Crippen molar-refractivity contribution in [1.29, 1.82) is 0 Å². The Bertz CT molecular complexity index is 1010. The Labute approximate surface area is 156 Å². The highest BCUT2D eigenvalue weighted by molar-refractivity contribution is 5.88. The van der Waals surface area contributed by atoms with Crippen molar-refractivity contribution in [3.8, 4) is 0 Å². The van der Waals surface area contributed by atoms with Crippen molar-refractivity contribution in [2.24, 2.45) is 0 Å². The lowest BCUT2D eigenvalue weighted by molar-refractivity contribution is -0.120. The molecular weight excluding hydrogens is 346 g/mol. The average molecular weight is 367 g/mol. The molecule has 1 aromatic carbocycles. The molecule has 4 N–H and O–H groups in total. The number of nitrogens with zero attached hydrogens (tertiary/aromatic N) is 4. The molecule has 140 valence electrons. The molecule has 2 amide bonds. The number of fused-ring (bicyclic) bond motifs is 1. The summed E-state index contributed by atoms with van der Waals surface area (Å²) in [6.07, 6.45) is 0.185. The van der Waals surface area contributed by atoms with Crippen LogP contribution in [-0.2, 0) is 22.6 Å². The van der Waals surface area contributed by atoms with E-state index >= 15 is 0 Å². The van der Waals surface area contributed by atoms with Gasteiger partial charge in [-0.25, -0.2) is 4.98 Å². The summed E-state index contributed by atoms with van der Waals surface area (Å²) in [6.45, 7) is 5.54. The number of nitrogen functional groups attached to an aromatic ring is 1. The maximum Gasteiger partial charge on any atom is 0.254 e.